The van der Waals surface area contributed by atoms with Gasteiger partial charge in [-0.3, -0.25) is 0 Å². The van der Waals surface area contributed by atoms with E-state index in [1.54, 1.807) is 18.2 Å². The zero-order valence-electron chi connectivity index (χ0n) is 9.42. The maximum absolute atomic E-state index is 9.64. The number of halogens is 1. The highest BCUT2D eigenvalue weighted by Crippen LogP contribution is 2.26. The Morgan fingerprint density at radius 2 is 2.00 bits per heavy atom. The lowest BCUT2D eigenvalue weighted by Crippen LogP contribution is -2.36. The van der Waals surface area contributed by atoms with Gasteiger partial charge in [-0.15, -0.1) is 0 Å². The third-order valence-corrected chi connectivity index (χ3v) is 2.83. The van der Waals surface area contributed by atoms with Gasteiger partial charge in [0.05, 0.1) is 0 Å². The van der Waals surface area contributed by atoms with Crippen molar-refractivity contribution in [2.45, 2.75) is 33.2 Å². The third-order valence-electron chi connectivity index (χ3n) is 2.59. The molecule has 0 fully saturated rings. The van der Waals surface area contributed by atoms with Crippen LogP contribution in [0.25, 0.3) is 0 Å². The lowest BCUT2D eigenvalue weighted by Gasteiger charge is -2.27. The molecule has 1 aromatic carbocycles. The Balaban J connectivity index is 2.85. The summed E-state index contributed by atoms with van der Waals surface area (Å²) in [6, 6.07) is 5.04. The van der Waals surface area contributed by atoms with Gasteiger partial charge >= 0.3 is 0 Å². The number of phenolic OH excluding ortho intramolecular Hbond substituents is 1. The molecule has 2 nitrogen and oxygen atoms in total. The van der Waals surface area contributed by atoms with E-state index in [0.29, 0.717) is 11.4 Å². The topological polar surface area (TPSA) is 46.2 Å². The standard InChI is InChI=1S/C12H18ClNO/c1-12(2,3)11(14)7-8-6-9(13)4-5-10(8)15/h4-6,11,15H,7,14H2,1-3H3. The van der Waals surface area contributed by atoms with E-state index < -0.39 is 0 Å². The Hall–Kier alpha value is -0.730. The van der Waals surface area contributed by atoms with Crippen molar-refractivity contribution >= 4 is 11.6 Å². The van der Waals surface area contributed by atoms with Crippen LogP contribution in [-0.2, 0) is 6.42 Å². The highest BCUT2D eigenvalue weighted by Gasteiger charge is 2.21. The predicted octanol–water partition coefficient (Wildman–Crippen LogP) is 2.96. The molecule has 0 aromatic heterocycles. The van der Waals surface area contributed by atoms with Gasteiger partial charge in [-0.1, -0.05) is 32.4 Å². The Bertz CT molecular complexity index is 344. The van der Waals surface area contributed by atoms with Gasteiger partial charge in [0.25, 0.3) is 0 Å². The normalized spacial score (nSPS) is 13.9. The first kappa shape index (κ1) is 12.3. The molecule has 3 heteroatoms. The lowest BCUT2D eigenvalue weighted by atomic mass is 9.83. The number of hydrogen-bond acceptors (Lipinski definition) is 2. The zero-order valence-corrected chi connectivity index (χ0v) is 10.2. The number of benzene rings is 1. The molecular weight excluding hydrogens is 210 g/mol. The second kappa shape index (κ2) is 4.42. The highest BCUT2D eigenvalue weighted by molar-refractivity contribution is 6.30. The molecule has 0 saturated carbocycles. The van der Waals surface area contributed by atoms with Gasteiger partial charge < -0.3 is 10.8 Å². The van der Waals surface area contributed by atoms with Crippen molar-refractivity contribution in [3.05, 3.63) is 28.8 Å². The molecule has 0 aliphatic heterocycles. The first-order valence-electron chi connectivity index (χ1n) is 5.03. The summed E-state index contributed by atoms with van der Waals surface area (Å²) in [5, 5.41) is 10.3. The minimum atomic E-state index is 0.00173. The molecule has 84 valence electrons. The van der Waals surface area contributed by atoms with Crippen LogP contribution in [0, 0.1) is 5.41 Å². The number of rotatable bonds is 2. The fourth-order valence-corrected chi connectivity index (χ4v) is 1.46. The fraction of sp³-hybridized carbons (Fsp3) is 0.500. The highest BCUT2D eigenvalue weighted by atomic mass is 35.5. The van der Waals surface area contributed by atoms with E-state index in [1.807, 2.05) is 0 Å². The van der Waals surface area contributed by atoms with E-state index in [4.69, 9.17) is 17.3 Å². The Morgan fingerprint density at radius 1 is 1.40 bits per heavy atom. The van der Waals surface area contributed by atoms with E-state index in [2.05, 4.69) is 20.8 Å². The third kappa shape index (κ3) is 3.40. The summed E-state index contributed by atoms with van der Waals surface area (Å²) in [4.78, 5) is 0. The molecule has 1 unspecified atom stereocenters. The Morgan fingerprint density at radius 3 is 2.53 bits per heavy atom. The van der Waals surface area contributed by atoms with Crippen LogP contribution in [0.4, 0.5) is 0 Å². The van der Waals surface area contributed by atoms with Crippen molar-refractivity contribution in [1.29, 1.82) is 0 Å². The summed E-state index contributed by atoms with van der Waals surface area (Å²) in [5.74, 6) is 0.263. The second-order valence-electron chi connectivity index (χ2n) is 4.95. The van der Waals surface area contributed by atoms with Gasteiger partial charge in [0.15, 0.2) is 0 Å². The molecule has 1 rings (SSSR count). The molecule has 1 atom stereocenters. The molecular formula is C12H18ClNO. The molecule has 0 spiro atoms. The van der Waals surface area contributed by atoms with Crippen molar-refractivity contribution < 1.29 is 5.11 Å². The van der Waals surface area contributed by atoms with Gasteiger partial charge in [0.1, 0.15) is 5.75 Å². The van der Waals surface area contributed by atoms with Crippen molar-refractivity contribution in [2.75, 3.05) is 0 Å². The smallest absolute Gasteiger partial charge is 0.118 e. The Kier molecular flexibility index (Phi) is 3.63. The second-order valence-corrected chi connectivity index (χ2v) is 5.39. The van der Waals surface area contributed by atoms with Crippen LogP contribution in [0.2, 0.25) is 5.02 Å². The van der Waals surface area contributed by atoms with Crippen molar-refractivity contribution in [1.82, 2.24) is 0 Å². The summed E-state index contributed by atoms with van der Waals surface area (Å²) in [7, 11) is 0. The van der Waals surface area contributed by atoms with Crippen LogP contribution in [0.3, 0.4) is 0 Å². The van der Waals surface area contributed by atoms with Crippen molar-refractivity contribution in [2.24, 2.45) is 11.1 Å². The molecule has 0 radical (unpaired) electrons. The largest absolute Gasteiger partial charge is 0.508 e. The molecule has 1 aromatic rings. The molecule has 3 N–H and O–H groups in total. The molecule has 15 heavy (non-hydrogen) atoms. The minimum Gasteiger partial charge on any atom is -0.508 e. The fourth-order valence-electron chi connectivity index (χ4n) is 1.26. The maximum Gasteiger partial charge on any atom is 0.118 e. The zero-order chi connectivity index (χ0) is 11.6. The van der Waals surface area contributed by atoms with E-state index in [-0.39, 0.29) is 17.2 Å². The number of nitrogens with two attached hydrogens (primary N) is 1. The molecule has 0 saturated heterocycles. The van der Waals surface area contributed by atoms with Gasteiger partial charge in [-0.05, 0) is 35.6 Å². The van der Waals surface area contributed by atoms with E-state index in [9.17, 15) is 5.11 Å². The van der Waals surface area contributed by atoms with Crippen LogP contribution in [0.5, 0.6) is 5.75 Å². The summed E-state index contributed by atoms with van der Waals surface area (Å²) in [6.07, 6.45) is 0.635. The summed E-state index contributed by atoms with van der Waals surface area (Å²) in [5.41, 5.74) is 6.88. The monoisotopic (exact) mass is 227 g/mol. The summed E-state index contributed by atoms with van der Waals surface area (Å²) in [6.45, 7) is 6.25. The van der Waals surface area contributed by atoms with Crippen LogP contribution in [0.15, 0.2) is 18.2 Å². The number of phenols is 1. The molecule has 0 amide bonds. The van der Waals surface area contributed by atoms with E-state index in [1.165, 1.54) is 0 Å². The average Bonchev–Trinajstić information content (AvgIpc) is 2.09. The molecule has 0 heterocycles. The molecule has 0 aliphatic rings. The summed E-state index contributed by atoms with van der Waals surface area (Å²) < 4.78 is 0. The van der Waals surface area contributed by atoms with Crippen LogP contribution < -0.4 is 5.73 Å². The van der Waals surface area contributed by atoms with E-state index in [0.717, 1.165) is 5.56 Å². The van der Waals surface area contributed by atoms with Crippen LogP contribution in [-0.4, -0.2) is 11.1 Å². The Labute approximate surface area is 96.1 Å². The minimum absolute atomic E-state index is 0.00173. The maximum atomic E-state index is 9.64. The average molecular weight is 228 g/mol. The van der Waals surface area contributed by atoms with Crippen molar-refractivity contribution in [3.8, 4) is 5.75 Å². The predicted molar refractivity (Wildman–Crippen MR) is 64.3 cm³/mol. The van der Waals surface area contributed by atoms with Crippen LogP contribution >= 0.6 is 11.6 Å². The first-order valence-corrected chi connectivity index (χ1v) is 5.41. The van der Waals surface area contributed by atoms with Crippen molar-refractivity contribution in [3.63, 3.8) is 0 Å². The van der Waals surface area contributed by atoms with Gasteiger partial charge in [-0.2, -0.15) is 0 Å². The molecule has 0 bridgehead atoms. The molecule has 0 aliphatic carbocycles. The van der Waals surface area contributed by atoms with Gasteiger partial charge in [0, 0.05) is 11.1 Å². The lowest BCUT2D eigenvalue weighted by molar-refractivity contribution is 0.316. The first-order chi connectivity index (χ1) is 6.80. The van der Waals surface area contributed by atoms with E-state index >= 15 is 0 Å². The SMILES string of the molecule is CC(C)(C)C(N)Cc1cc(Cl)ccc1O. The van der Waals surface area contributed by atoms with Gasteiger partial charge in [-0.25, -0.2) is 0 Å². The quantitative estimate of drug-likeness (QED) is 0.816. The van der Waals surface area contributed by atoms with Crippen LogP contribution in [0.1, 0.15) is 26.3 Å². The number of aromatic hydroxyl groups is 1. The summed E-state index contributed by atoms with van der Waals surface area (Å²) >= 11 is 5.86. The van der Waals surface area contributed by atoms with Gasteiger partial charge in [0.2, 0.25) is 0 Å². The number of hydrogen-bond donors (Lipinski definition) is 2.